The molecule has 0 aliphatic heterocycles. The van der Waals surface area contributed by atoms with Crippen molar-refractivity contribution in [2.45, 2.75) is 30.9 Å². The SMILES string of the molecule is CSC1(C(=O)Nc2snc(Br)c2C(C)=O)CCC1. The number of ketones is 1. The summed E-state index contributed by atoms with van der Waals surface area (Å²) in [5, 5.41) is 3.39. The third-order valence-electron chi connectivity index (χ3n) is 3.20. The summed E-state index contributed by atoms with van der Waals surface area (Å²) in [6.45, 7) is 1.47. The Kier molecular flexibility index (Phi) is 4.13. The van der Waals surface area contributed by atoms with Crippen molar-refractivity contribution < 1.29 is 9.59 Å². The van der Waals surface area contributed by atoms with Gasteiger partial charge in [0, 0.05) is 0 Å². The molecule has 1 amide bonds. The summed E-state index contributed by atoms with van der Waals surface area (Å²) in [4.78, 5) is 23.8. The lowest BCUT2D eigenvalue weighted by Crippen LogP contribution is -2.45. The second kappa shape index (κ2) is 5.30. The smallest absolute Gasteiger partial charge is 0.241 e. The Morgan fingerprint density at radius 1 is 1.50 bits per heavy atom. The summed E-state index contributed by atoms with van der Waals surface area (Å²) in [7, 11) is 0. The second-order valence-corrected chi connectivity index (χ2v) is 6.95. The Morgan fingerprint density at radius 2 is 2.17 bits per heavy atom. The molecule has 1 heterocycles. The summed E-state index contributed by atoms with van der Waals surface area (Å²) in [5.41, 5.74) is 0.462. The lowest BCUT2D eigenvalue weighted by atomic mass is 9.83. The molecule has 0 unspecified atom stereocenters. The van der Waals surface area contributed by atoms with Crippen LogP contribution in [0.4, 0.5) is 5.00 Å². The first-order chi connectivity index (χ1) is 8.50. The third kappa shape index (κ3) is 2.35. The molecule has 0 saturated heterocycles. The minimum absolute atomic E-state index is 0.0140. The van der Waals surface area contributed by atoms with Gasteiger partial charge in [-0.3, -0.25) is 9.59 Å². The second-order valence-electron chi connectivity index (χ2n) is 4.24. The Morgan fingerprint density at radius 3 is 2.61 bits per heavy atom. The van der Waals surface area contributed by atoms with Crippen molar-refractivity contribution in [3.05, 3.63) is 10.2 Å². The molecule has 1 aliphatic carbocycles. The Balaban J connectivity index is 2.19. The molecule has 0 bridgehead atoms. The molecule has 7 heteroatoms. The number of amides is 1. The fraction of sp³-hybridized carbons (Fsp3) is 0.545. The number of halogens is 1. The van der Waals surface area contributed by atoms with Gasteiger partial charge in [0.15, 0.2) is 5.78 Å². The van der Waals surface area contributed by atoms with Crippen molar-refractivity contribution >= 4 is 55.9 Å². The van der Waals surface area contributed by atoms with E-state index in [1.807, 2.05) is 6.26 Å². The molecule has 2 rings (SSSR count). The zero-order valence-corrected chi connectivity index (χ0v) is 13.3. The molecule has 0 aromatic carbocycles. The van der Waals surface area contributed by atoms with Crippen LogP contribution in [-0.2, 0) is 4.79 Å². The van der Waals surface area contributed by atoms with Crippen LogP contribution < -0.4 is 5.32 Å². The van der Waals surface area contributed by atoms with Crippen molar-refractivity contribution in [2.75, 3.05) is 11.6 Å². The number of nitrogens with one attached hydrogen (secondary N) is 1. The molecule has 1 saturated carbocycles. The zero-order valence-electron chi connectivity index (χ0n) is 10.1. The summed E-state index contributed by atoms with van der Waals surface area (Å²) < 4.78 is 4.25. The van der Waals surface area contributed by atoms with Gasteiger partial charge < -0.3 is 5.32 Å². The molecule has 1 N–H and O–H groups in total. The summed E-state index contributed by atoms with van der Waals surface area (Å²) in [6, 6.07) is 0. The molecule has 0 spiro atoms. The van der Waals surface area contributed by atoms with Gasteiger partial charge >= 0.3 is 0 Å². The number of Topliss-reactive ketones (excluding diaryl/α,β-unsaturated/α-hetero) is 1. The van der Waals surface area contributed by atoms with Gasteiger partial charge in [-0.15, -0.1) is 11.8 Å². The topological polar surface area (TPSA) is 59.1 Å². The Bertz CT molecular complexity index is 492. The number of hydrogen-bond acceptors (Lipinski definition) is 5. The molecule has 18 heavy (non-hydrogen) atoms. The highest BCUT2D eigenvalue weighted by Crippen LogP contribution is 2.44. The van der Waals surface area contributed by atoms with E-state index in [0.29, 0.717) is 15.2 Å². The van der Waals surface area contributed by atoms with Gasteiger partial charge in [0.2, 0.25) is 5.91 Å². The average Bonchev–Trinajstić information content (AvgIpc) is 2.58. The standard InChI is InChI=1S/C11H13BrN2O2S2/c1-6(15)7-8(12)14-18-9(7)13-10(16)11(17-2)4-3-5-11/h3-5H2,1-2H3,(H,13,16). The van der Waals surface area contributed by atoms with Crippen LogP contribution in [0.2, 0.25) is 0 Å². The predicted octanol–water partition coefficient (Wildman–Crippen LogP) is 3.33. The van der Waals surface area contributed by atoms with E-state index in [0.717, 1.165) is 30.8 Å². The van der Waals surface area contributed by atoms with Crippen molar-refractivity contribution in [2.24, 2.45) is 0 Å². The van der Waals surface area contributed by atoms with Crippen LogP contribution in [-0.4, -0.2) is 27.1 Å². The van der Waals surface area contributed by atoms with Gasteiger partial charge in [-0.1, -0.05) is 0 Å². The number of carbonyl (C=O) groups excluding carboxylic acids is 2. The lowest BCUT2D eigenvalue weighted by molar-refractivity contribution is -0.120. The molecule has 0 radical (unpaired) electrons. The quantitative estimate of drug-likeness (QED) is 0.847. The van der Waals surface area contributed by atoms with Crippen molar-refractivity contribution in [3.8, 4) is 0 Å². The van der Waals surface area contributed by atoms with E-state index in [1.165, 1.54) is 6.92 Å². The third-order valence-corrected chi connectivity index (χ3v) is 6.14. The maximum atomic E-state index is 12.3. The number of thioether (sulfide) groups is 1. The summed E-state index contributed by atoms with van der Waals surface area (Å²) in [6.07, 6.45) is 4.83. The van der Waals surface area contributed by atoms with E-state index >= 15 is 0 Å². The largest absolute Gasteiger partial charge is 0.315 e. The summed E-state index contributed by atoms with van der Waals surface area (Å²) in [5.74, 6) is -0.113. The molecular formula is C11H13BrN2O2S2. The van der Waals surface area contributed by atoms with E-state index in [-0.39, 0.29) is 16.4 Å². The van der Waals surface area contributed by atoms with Crippen molar-refractivity contribution in [3.63, 3.8) is 0 Å². The molecule has 4 nitrogen and oxygen atoms in total. The van der Waals surface area contributed by atoms with Gasteiger partial charge in [-0.05, 0) is 59.9 Å². The van der Waals surface area contributed by atoms with Crippen LogP contribution >= 0.6 is 39.2 Å². The normalized spacial score (nSPS) is 17.1. The summed E-state index contributed by atoms with van der Waals surface area (Å²) >= 11 is 5.95. The van der Waals surface area contributed by atoms with Gasteiger partial charge in [0.25, 0.3) is 0 Å². The van der Waals surface area contributed by atoms with Crippen LogP contribution in [0.5, 0.6) is 0 Å². The molecule has 1 aliphatic rings. The number of aromatic nitrogens is 1. The van der Waals surface area contributed by atoms with Crippen LogP contribution in [0.3, 0.4) is 0 Å². The maximum absolute atomic E-state index is 12.3. The van der Waals surface area contributed by atoms with Crippen LogP contribution in [0, 0.1) is 0 Å². The molecule has 0 atom stereocenters. The minimum atomic E-state index is -0.315. The predicted molar refractivity (Wildman–Crippen MR) is 78.5 cm³/mol. The minimum Gasteiger partial charge on any atom is -0.315 e. The Labute approximate surface area is 122 Å². The monoisotopic (exact) mass is 348 g/mol. The number of carbonyl (C=O) groups is 2. The first kappa shape index (κ1) is 14.0. The fourth-order valence-corrected chi connectivity index (χ4v) is 4.39. The van der Waals surface area contributed by atoms with E-state index in [4.69, 9.17) is 0 Å². The highest BCUT2D eigenvalue weighted by Gasteiger charge is 2.43. The van der Waals surface area contributed by atoms with Crippen LogP contribution in [0.1, 0.15) is 36.5 Å². The van der Waals surface area contributed by atoms with Crippen LogP contribution in [0.25, 0.3) is 0 Å². The first-order valence-electron chi connectivity index (χ1n) is 5.53. The highest BCUT2D eigenvalue weighted by atomic mass is 79.9. The lowest BCUT2D eigenvalue weighted by Gasteiger charge is -2.38. The number of anilines is 1. The Hall–Kier alpha value is -0.400. The van der Waals surface area contributed by atoms with Crippen molar-refractivity contribution in [1.29, 1.82) is 0 Å². The fourth-order valence-electron chi connectivity index (χ4n) is 1.90. The number of nitrogens with zero attached hydrogens (tertiary/aromatic N) is 1. The van der Waals surface area contributed by atoms with Gasteiger partial charge in [0.05, 0.1) is 10.3 Å². The van der Waals surface area contributed by atoms with Gasteiger partial charge in [-0.25, -0.2) is 0 Å². The number of rotatable bonds is 4. The average molecular weight is 349 g/mol. The van der Waals surface area contributed by atoms with E-state index in [9.17, 15) is 9.59 Å². The van der Waals surface area contributed by atoms with E-state index in [2.05, 4.69) is 25.6 Å². The van der Waals surface area contributed by atoms with Gasteiger partial charge in [0.1, 0.15) is 9.60 Å². The van der Waals surface area contributed by atoms with Gasteiger partial charge in [-0.2, -0.15) is 4.37 Å². The zero-order chi connectivity index (χ0) is 13.3. The van der Waals surface area contributed by atoms with Crippen LogP contribution in [0.15, 0.2) is 4.60 Å². The molecule has 1 aromatic heterocycles. The number of hydrogen-bond donors (Lipinski definition) is 1. The molecule has 1 aromatic rings. The molecule has 98 valence electrons. The van der Waals surface area contributed by atoms with Crippen molar-refractivity contribution in [1.82, 2.24) is 4.37 Å². The van der Waals surface area contributed by atoms with E-state index in [1.54, 1.807) is 11.8 Å². The first-order valence-corrected chi connectivity index (χ1v) is 8.32. The molecular weight excluding hydrogens is 336 g/mol. The van der Waals surface area contributed by atoms with E-state index < -0.39 is 0 Å². The highest BCUT2D eigenvalue weighted by molar-refractivity contribution is 9.10. The maximum Gasteiger partial charge on any atom is 0.241 e. The molecule has 1 fully saturated rings.